The van der Waals surface area contributed by atoms with Crippen LogP contribution in [0.25, 0.3) is 0 Å². The minimum Gasteiger partial charge on any atom is -0.312 e. The van der Waals surface area contributed by atoms with Crippen LogP contribution in [0.4, 0.5) is 0 Å². The van der Waals surface area contributed by atoms with Gasteiger partial charge in [-0.15, -0.1) is 0 Å². The maximum absolute atomic E-state index is 3.90. The molecule has 2 aliphatic rings. The number of likely N-dealkylation sites (tertiary alicyclic amines) is 1. The molecule has 2 fully saturated rings. The second-order valence-corrected chi connectivity index (χ2v) is 7.49. The Hall–Kier alpha value is -0.120. The Morgan fingerprint density at radius 3 is 2.30 bits per heavy atom. The average molecular weight is 281 g/mol. The van der Waals surface area contributed by atoms with Gasteiger partial charge in [-0.3, -0.25) is 0 Å². The topological polar surface area (TPSA) is 18.5 Å². The van der Waals surface area contributed by atoms with Crippen molar-refractivity contribution in [2.45, 2.75) is 63.5 Å². The van der Waals surface area contributed by atoms with E-state index in [4.69, 9.17) is 0 Å². The summed E-state index contributed by atoms with van der Waals surface area (Å²) in [5.74, 6) is 0.869. The van der Waals surface area contributed by atoms with Crippen LogP contribution in [0.1, 0.15) is 51.9 Å². The molecule has 3 heteroatoms. The highest BCUT2D eigenvalue weighted by atomic mass is 15.2. The molecular weight excluding hydrogens is 246 g/mol. The van der Waals surface area contributed by atoms with Crippen molar-refractivity contribution in [1.82, 2.24) is 15.1 Å². The third-order valence-electron chi connectivity index (χ3n) is 5.96. The molecule has 1 unspecified atom stereocenters. The molecule has 118 valence electrons. The summed E-state index contributed by atoms with van der Waals surface area (Å²) >= 11 is 0. The van der Waals surface area contributed by atoms with Gasteiger partial charge in [0.15, 0.2) is 0 Å². The maximum atomic E-state index is 3.90. The lowest BCUT2D eigenvalue weighted by Crippen LogP contribution is -2.55. The molecule has 0 amide bonds. The minimum atomic E-state index is 0.415. The van der Waals surface area contributed by atoms with Crippen molar-refractivity contribution in [3.05, 3.63) is 0 Å². The largest absolute Gasteiger partial charge is 0.312 e. The molecule has 1 atom stereocenters. The first-order chi connectivity index (χ1) is 9.53. The van der Waals surface area contributed by atoms with Crippen molar-refractivity contribution in [3.63, 3.8) is 0 Å². The van der Waals surface area contributed by atoms with Gasteiger partial charge in [-0.25, -0.2) is 0 Å². The molecular formula is C17H35N3. The number of rotatable bonds is 5. The highest BCUT2D eigenvalue weighted by molar-refractivity contribution is 4.94. The number of hydrogen-bond donors (Lipinski definition) is 1. The maximum Gasteiger partial charge on any atom is 0.0327 e. The Morgan fingerprint density at radius 2 is 1.75 bits per heavy atom. The zero-order valence-corrected chi connectivity index (χ0v) is 14.1. The van der Waals surface area contributed by atoms with Gasteiger partial charge in [0.05, 0.1) is 0 Å². The van der Waals surface area contributed by atoms with E-state index in [9.17, 15) is 0 Å². The molecule has 3 nitrogen and oxygen atoms in total. The van der Waals surface area contributed by atoms with E-state index in [1.807, 2.05) is 0 Å². The molecule has 0 bridgehead atoms. The molecule has 0 aromatic rings. The predicted molar refractivity (Wildman–Crippen MR) is 87.2 cm³/mol. The quantitative estimate of drug-likeness (QED) is 0.835. The molecule has 1 aliphatic heterocycles. The number of nitrogens with zero attached hydrogens (tertiary/aromatic N) is 2. The molecule has 1 saturated heterocycles. The molecule has 0 aromatic heterocycles. The Labute approximate surface area is 126 Å². The molecule has 0 radical (unpaired) electrons. The second kappa shape index (κ2) is 7.24. The summed E-state index contributed by atoms with van der Waals surface area (Å²) in [5, 5.41) is 3.90. The van der Waals surface area contributed by atoms with Crippen LogP contribution in [0, 0.1) is 5.92 Å². The van der Waals surface area contributed by atoms with Crippen molar-refractivity contribution in [2.75, 3.05) is 40.8 Å². The summed E-state index contributed by atoms with van der Waals surface area (Å²) < 4.78 is 0. The van der Waals surface area contributed by atoms with Crippen LogP contribution in [0.2, 0.25) is 0 Å². The molecule has 2 rings (SSSR count). The molecule has 1 N–H and O–H groups in total. The Kier molecular flexibility index (Phi) is 5.88. The molecule has 0 aromatic carbocycles. The zero-order chi connectivity index (χ0) is 14.6. The van der Waals surface area contributed by atoms with Gasteiger partial charge in [0, 0.05) is 18.1 Å². The smallest absolute Gasteiger partial charge is 0.0327 e. The molecule has 1 saturated carbocycles. The summed E-state index contributed by atoms with van der Waals surface area (Å²) in [5.41, 5.74) is 0.415. The van der Waals surface area contributed by atoms with E-state index < -0.39 is 0 Å². The normalized spacial score (nSPS) is 26.9. The summed E-state index contributed by atoms with van der Waals surface area (Å²) in [7, 11) is 6.79. The fraction of sp³-hybridized carbons (Fsp3) is 1.00. The lowest BCUT2D eigenvalue weighted by molar-refractivity contribution is 0.0890. The van der Waals surface area contributed by atoms with Crippen LogP contribution >= 0.6 is 0 Å². The van der Waals surface area contributed by atoms with E-state index >= 15 is 0 Å². The molecule has 0 spiro atoms. The number of piperidine rings is 1. The number of nitrogens with one attached hydrogen (secondary N) is 1. The first-order valence-corrected chi connectivity index (χ1v) is 8.63. The van der Waals surface area contributed by atoms with Crippen molar-refractivity contribution in [3.8, 4) is 0 Å². The van der Waals surface area contributed by atoms with Crippen LogP contribution < -0.4 is 5.32 Å². The lowest BCUT2D eigenvalue weighted by Gasteiger charge is -2.44. The third-order valence-corrected chi connectivity index (χ3v) is 5.96. The van der Waals surface area contributed by atoms with Gasteiger partial charge < -0.3 is 15.1 Å². The summed E-state index contributed by atoms with van der Waals surface area (Å²) in [6.07, 6.45) is 9.70. The van der Waals surface area contributed by atoms with Gasteiger partial charge in [-0.1, -0.05) is 19.3 Å². The van der Waals surface area contributed by atoms with Gasteiger partial charge in [0.2, 0.25) is 0 Å². The standard InChI is InChI=1S/C17H35N3/c1-15(16-8-12-20(4)13-9-16)18-14-17(19(2)3)10-6-5-7-11-17/h15-16,18H,5-14H2,1-4H3. The zero-order valence-electron chi connectivity index (χ0n) is 14.1. The van der Waals surface area contributed by atoms with E-state index in [-0.39, 0.29) is 0 Å². The van der Waals surface area contributed by atoms with Gasteiger partial charge >= 0.3 is 0 Å². The first kappa shape index (κ1) is 16.3. The van der Waals surface area contributed by atoms with Crippen LogP contribution in [-0.4, -0.2) is 62.2 Å². The van der Waals surface area contributed by atoms with Crippen molar-refractivity contribution in [2.24, 2.45) is 5.92 Å². The Morgan fingerprint density at radius 1 is 1.15 bits per heavy atom. The van der Waals surface area contributed by atoms with Crippen LogP contribution in [-0.2, 0) is 0 Å². The fourth-order valence-electron chi connectivity index (χ4n) is 4.04. The van der Waals surface area contributed by atoms with E-state index in [1.165, 1.54) is 64.6 Å². The SMILES string of the molecule is CC(NCC1(N(C)C)CCCCC1)C1CCN(C)CC1. The van der Waals surface area contributed by atoms with Crippen molar-refractivity contribution in [1.29, 1.82) is 0 Å². The van der Waals surface area contributed by atoms with Crippen molar-refractivity contribution < 1.29 is 0 Å². The average Bonchev–Trinajstić information content (AvgIpc) is 2.46. The van der Waals surface area contributed by atoms with Crippen LogP contribution in [0.3, 0.4) is 0 Å². The highest BCUT2D eigenvalue weighted by Gasteiger charge is 2.34. The predicted octanol–water partition coefficient (Wildman–Crippen LogP) is 2.57. The Balaban J connectivity index is 1.82. The first-order valence-electron chi connectivity index (χ1n) is 8.63. The van der Waals surface area contributed by atoms with E-state index in [0.717, 1.165) is 5.92 Å². The monoisotopic (exact) mass is 281 g/mol. The molecule has 1 heterocycles. The fourth-order valence-corrected chi connectivity index (χ4v) is 4.04. The van der Waals surface area contributed by atoms with Gasteiger partial charge in [-0.05, 0) is 72.8 Å². The Bertz CT molecular complexity index is 276. The van der Waals surface area contributed by atoms with E-state index in [2.05, 4.69) is 43.2 Å². The highest BCUT2D eigenvalue weighted by Crippen LogP contribution is 2.32. The summed E-state index contributed by atoms with van der Waals surface area (Å²) in [6.45, 7) is 6.13. The molecule has 20 heavy (non-hydrogen) atoms. The van der Waals surface area contributed by atoms with Crippen molar-refractivity contribution >= 4 is 0 Å². The second-order valence-electron chi connectivity index (χ2n) is 7.49. The minimum absolute atomic E-state index is 0.415. The van der Waals surface area contributed by atoms with Gasteiger partial charge in [-0.2, -0.15) is 0 Å². The number of hydrogen-bond acceptors (Lipinski definition) is 3. The van der Waals surface area contributed by atoms with Gasteiger partial charge in [0.25, 0.3) is 0 Å². The number of likely N-dealkylation sites (N-methyl/N-ethyl adjacent to an activating group) is 1. The van der Waals surface area contributed by atoms with Crippen LogP contribution in [0.15, 0.2) is 0 Å². The summed E-state index contributed by atoms with van der Waals surface area (Å²) in [6, 6.07) is 0.669. The third kappa shape index (κ3) is 3.96. The van der Waals surface area contributed by atoms with Crippen LogP contribution in [0.5, 0.6) is 0 Å². The molecule has 1 aliphatic carbocycles. The lowest BCUT2D eigenvalue weighted by atomic mass is 9.80. The van der Waals surface area contributed by atoms with E-state index in [1.54, 1.807) is 0 Å². The summed E-state index contributed by atoms with van der Waals surface area (Å²) in [4.78, 5) is 4.95. The van der Waals surface area contributed by atoms with Gasteiger partial charge in [0.1, 0.15) is 0 Å². The van der Waals surface area contributed by atoms with E-state index in [0.29, 0.717) is 11.6 Å².